The number of rotatable bonds is 4. The average Bonchev–Trinajstić information content (AvgIpc) is 2.47. The van der Waals surface area contributed by atoms with Crippen LogP contribution in [0.15, 0.2) is 33.6 Å². The van der Waals surface area contributed by atoms with E-state index < -0.39 is 16.1 Å². The van der Waals surface area contributed by atoms with Crippen molar-refractivity contribution < 1.29 is 13.2 Å². The van der Waals surface area contributed by atoms with E-state index >= 15 is 0 Å². The Hall–Kier alpha value is -0.960. The minimum atomic E-state index is -3.70. The molecular weight excluding hydrogens is 370 g/mol. The molecule has 22 heavy (non-hydrogen) atoms. The van der Waals surface area contributed by atoms with Crippen molar-refractivity contribution in [1.82, 2.24) is 14.5 Å². The number of sulfonamides is 1. The normalized spacial score (nSPS) is 18.2. The van der Waals surface area contributed by atoms with Crippen LogP contribution >= 0.6 is 15.9 Å². The number of carbonyl (C=O) groups is 1. The molecule has 8 heteroatoms. The van der Waals surface area contributed by atoms with Gasteiger partial charge in [-0.1, -0.05) is 15.9 Å². The van der Waals surface area contributed by atoms with Crippen molar-refractivity contribution in [3.63, 3.8) is 0 Å². The molecule has 122 valence electrons. The van der Waals surface area contributed by atoms with Crippen LogP contribution in [0.4, 0.5) is 0 Å². The molecule has 0 bridgehead atoms. The average molecular weight is 390 g/mol. The molecule has 1 saturated heterocycles. The molecule has 1 aliphatic rings. The second-order valence-electron chi connectivity index (χ2n) is 5.43. The van der Waals surface area contributed by atoms with E-state index in [0.29, 0.717) is 13.1 Å². The smallest absolute Gasteiger partial charge is 0.241 e. The summed E-state index contributed by atoms with van der Waals surface area (Å²) in [5.74, 6) is -0.186. The maximum atomic E-state index is 12.3. The van der Waals surface area contributed by atoms with Gasteiger partial charge in [-0.3, -0.25) is 4.79 Å². The lowest BCUT2D eigenvalue weighted by molar-refractivity contribution is -0.134. The maximum absolute atomic E-state index is 12.3. The Labute approximate surface area is 139 Å². The van der Waals surface area contributed by atoms with Gasteiger partial charge >= 0.3 is 0 Å². The third-order valence-electron chi connectivity index (χ3n) is 3.64. The highest BCUT2D eigenvalue weighted by Gasteiger charge is 2.27. The van der Waals surface area contributed by atoms with Crippen molar-refractivity contribution in [2.24, 2.45) is 0 Å². The van der Waals surface area contributed by atoms with Crippen molar-refractivity contribution in [2.45, 2.75) is 17.9 Å². The number of piperazine rings is 1. The van der Waals surface area contributed by atoms with Gasteiger partial charge in [-0.25, -0.2) is 8.42 Å². The summed E-state index contributed by atoms with van der Waals surface area (Å²) in [4.78, 5) is 16.3. The van der Waals surface area contributed by atoms with Gasteiger partial charge in [-0.05, 0) is 38.2 Å². The van der Waals surface area contributed by atoms with E-state index in [9.17, 15) is 13.2 Å². The number of carbonyl (C=O) groups excluding carboxylic acids is 1. The number of hydrogen-bond acceptors (Lipinski definition) is 4. The van der Waals surface area contributed by atoms with E-state index in [2.05, 4.69) is 25.6 Å². The van der Waals surface area contributed by atoms with Gasteiger partial charge in [0, 0.05) is 30.7 Å². The van der Waals surface area contributed by atoms with Crippen molar-refractivity contribution in [3.8, 4) is 0 Å². The molecule has 1 amide bonds. The molecule has 1 aromatic rings. The van der Waals surface area contributed by atoms with Gasteiger partial charge in [0.25, 0.3) is 0 Å². The van der Waals surface area contributed by atoms with Gasteiger partial charge in [-0.15, -0.1) is 0 Å². The fourth-order valence-corrected chi connectivity index (χ4v) is 3.73. The highest BCUT2D eigenvalue weighted by molar-refractivity contribution is 9.10. The van der Waals surface area contributed by atoms with Gasteiger partial charge in [0.1, 0.15) is 0 Å². The number of hydrogen-bond donors (Lipinski definition) is 1. The minimum absolute atomic E-state index is 0.147. The van der Waals surface area contributed by atoms with Crippen molar-refractivity contribution in [2.75, 3.05) is 33.2 Å². The van der Waals surface area contributed by atoms with E-state index in [1.165, 1.54) is 12.1 Å². The molecule has 1 atom stereocenters. The summed E-state index contributed by atoms with van der Waals surface area (Å²) in [6.45, 7) is 4.44. The van der Waals surface area contributed by atoms with E-state index in [4.69, 9.17) is 0 Å². The lowest BCUT2D eigenvalue weighted by Gasteiger charge is -2.34. The van der Waals surface area contributed by atoms with Crippen LogP contribution < -0.4 is 4.72 Å². The first kappa shape index (κ1) is 17.4. The SMILES string of the molecule is C[C@H](NS(=O)(=O)c1ccc(Br)cc1)C(=O)N1CCN(C)CC1. The summed E-state index contributed by atoms with van der Waals surface area (Å²) in [6.07, 6.45) is 0. The molecule has 0 radical (unpaired) electrons. The van der Waals surface area contributed by atoms with Crippen LogP contribution in [0, 0.1) is 0 Å². The van der Waals surface area contributed by atoms with E-state index in [-0.39, 0.29) is 10.8 Å². The molecule has 0 saturated carbocycles. The Morgan fingerprint density at radius 2 is 1.73 bits per heavy atom. The lowest BCUT2D eigenvalue weighted by Crippen LogP contribution is -2.53. The largest absolute Gasteiger partial charge is 0.339 e. The topological polar surface area (TPSA) is 69.7 Å². The van der Waals surface area contributed by atoms with Crippen LogP contribution in [0.1, 0.15) is 6.92 Å². The van der Waals surface area contributed by atoms with Crippen molar-refractivity contribution >= 4 is 31.9 Å². The summed E-state index contributed by atoms with van der Waals surface area (Å²) in [7, 11) is -1.70. The highest BCUT2D eigenvalue weighted by atomic mass is 79.9. The fourth-order valence-electron chi connectivity index (χ4n) is 2.27. The first-order valence-electron chi connectivity index (χ1n) is 7.05. The van der Waals surface area contributed by atoms with E-state index in [1.54, 1.807) is 24.0 Å². The molecule has 1 aromatic carbocycles. The number of nitrogens with one attached hydrogen (secondary N) is 1. The Balaban J connectivity index is 2.02. The number of amides is 1. The first-order chi connectivity index (χ1) is 10.3. The zero-order chi connectivity index (χ0) is 16.3. The van der Waals surface area contributed by atoms with Gasteiger partial charge in [0.2, 0.25) is 15.9 Å². The summed E-state index contributed by atoms with van der Waals surface area (Å²) in [5, 5.41) is 0. The Morgan fingerprint density at radius 3 is 2.27 bits per heavy atom. The van der Waals surface area contributed by atoms with Gasteiger partial charge in [0.05, 0.1) is 10.9 Å². The van der Waals surface area contributed by atoms with Gasteiger partial charge < -0.3 is 9.80 Å². The van der Waals surface area contributed by atoms with Crippen molar-refractivity contribution in [3.05, 3.63) is 28.7 Å². The molecule has 1 fully saturated rings. The molecule has 1 aliphatic heterocycles. The van der Waals surface area contributed by atoms with Gasteiger partial charge in [-0.2, -0.15) is 4.72 Å². The lowest BCUT2D eigenvalue weighted by atomic mass is 10.2. The Kier molecular flexibility index (Phi) is 5.60. The standard InChI is InChI=1S/C14H20BrN3O3S/c1-11(14(19)18-9-7-17(2)8-10-18)16-22(20,21)13-5-3-12(15)4-6-13/h3-6,11,16H,7-10H2,1-2H3/t11-/m0/s1. The number of benzene rings is 1. The Bertz CT molecular complexity index is 625. The van der Waals surface area contributed by atoms with Crippen molar-refractivity contribution in [1.29, 1.82) is 0 Å². The van der Waals surface area contributed by atoms with Gasteiger partial charge in [0.15, 0.2) is 0 Å². The van der Waals surface area contributed by atoms with Crippen LogP contribution in [0.25, 0.3) is 0 Å². The minimum Gasteiger partial charge on any atom is -0.339 e. The van der Waals surface area contributed by atoms with Crippen LogP contribution in [-0.4, -0.2) is 63.4 Å². The quantitative estimate of drug-likeness (QED) is 0.829. The molecule has 2 rings (SSSR count). The first-order valence-corrected chi connectivity index (χ1v) is 9.32. The predicted molar refractivity (Wildman–Crippen MR) is 88.0 cm³/mol. The molecule has 0 aromatic heterocycles. The predicted octanol–water partition coefficient (Wildman–Crippen LogP) is 0.890. The number of halogens is 1. The van der Waals surface area contributed by atoms with E-state index in [1.807, 2.05) is 7.05 Å². The maximum Gasteiger partial charge on any atom is 0.241 e. The second-order valence-corrected chi connectivity index (χ2v) is 8.06. The highest BCUT2D eigenvalue weighted by Crippen LogP contribution is 2.15. The summed E-state index contributed by atoms with van der Waals surface area (Å²) >= 11 is 3.26. The van der Waals surface area contributed by atoms with Crippen LogP contribution in [0.3, 0.4) is 0 Å². The Morgan fingerprint density at radius 1 is 1.18 bits per heavy atom. The number of likely N-dealkylation sites (N-methyl/N-ethyl adjacent to an activating group) is 1. The molecule has 1 heterocycles. The monoisotopic (exact) mass is 389 g/mol. The third-order valence-corrected chi connectivity index (χ3v) is 5.73. The zero-order valence-electron chi connectivity index (χ0n) is 12.6. The molecule has 0 unspecified atom stereocenters. The summed E-state index contributed by atoms with van der Waals surface area (Å²) < 4.78 is 27.8. The molecule has 1 N–H and O–H groups in total. The van der Waals surface area contributed by atoms with Crippen LogP contribution in [-0.2, 0) is 14.8 Å². The fraction of sp³-hybridized carbons (Fsp3) is 0.500. The van der Waals surface area contributed by atoms with E-state index in [0.717, 1.165) is 17.6 Å². The third kappa shape index (κ3) is 4.28. The summed E-state index contributed by atoms with van der Waals surface area (Å²) in [6, 6.07) is 5.53. The number of nitrogens with zero attached hydrogens (tertiary/aromatic N) is 2. The molecule has 0 aliphatic carbocycles. The molecular formula is C14H20BrN3O3S. The van der Waals surface area contributed by atoms with Crippen LogP contribution in [0.5, 0.6) is 0 Å². The zero-order valence-corrected chi connectivity index (χ0v) is 15.0. The molecule has 0 spiro atoms. The molecule has 6 nitrogen and oxygen atoms in total. The summed E-state index contributed by atoms with van der Waals surface area (Å²) in [5.41, 5.74) is 0. The second kappa shape index (κ2) is 7.08. The van der Waals surface area contributed by atoms with Crippen LogP contribution in [0.2, 0.25) is 0 Å².